The number of benzene rings is 1. The minimum atomic E-state index is -0.659. The molecule has 2 unspecified atom stereocenters. The average molecular weight is 382 g/mol. The van der Waals surface area contributed by atoms with Crippen molar-refractivity contribution in [2.75, 3.05) is 12.8 Å². The summed E-state index contributed by atoms with van der Waals surface area (Å²) < 4.78 is 0. The van der Waals surface area contributed by atoms with E-state index in [1.54, 1.807) is 24.1 Å². The van der Waals surface area contributed by atoms with Crippen molar-refractivity contribution in [2.45, 2.75) is 18.8 Å². The molecule has 0 saturated carbocycles. The van der Waals surface area contributed by atoms with Crippen LogP contribution in [-0.2, 0) is 16.1 Å². The first-order valence-corrected chi connectivity index (χ1v) is 8.81. The number of nitrogens with zero attached hydrogens (tertiary/aromatic N) is 3. The number of likely N-dealkylation sites (N-methyl/N-ethyl adjacent to an activating group) is 1. The number of carbonyl (C=O) groups excluding carboxylic acids is 3. The predicted molar refractivity (Wildman–Crippen MR) is 95.0 cm³/mol. The Balaban J connectivity index is 1.89. The van der Waals surface area contributed by atoms with Gasteiger partial charge in [-0.05, 0) is 17.7 Å². The lowest BCUT2D eigenvalue weighted by molar-refractivity contribution is -0.127. The van der Waals surface area contributed by atoms with Crippen molar-refractivity contribution in [1.29, 1.82) is 0 Å². The third kappa shape index (κ3) is 3.57. The largest absolute Gasteiger partial charge is 0.369 e. The van der Waals surface area contributed by atoms with Gasteiger partial charge in [0.25, 0.3) is 5.91 Å². The van der Waals surface area contributed by atoms with Crippen LogP contribution in [0.25, 0.3) is 0 Å². The van der Waals surface area contributed by atoms with E-state index in [4.69, 9.17) is 17.3 Å². The molecule has 1 fully saturated rings. The first kappa shape index (κ1) is 17.6. The molecule has 2 aliphatic rings. The third-order valence-corrected chi connectivity index (χ3v) is 5.21. The van der Waals surface area contributed by atoms with Crippen molar-refractivity contribution >= 4 is 46.4 Å². The number of amides is 4. The van der Waals surface area contributed by atoms with E-state index in [2.05, 4.69) is 10.3 Å². The van der Waals surface area contributed by atoms with Crippen LogP contribution in [0.1, 0.15) is 5.56 Å². The number of thioether (sulfide) groups is 1. The molecule has 25 heavy (non-hydrogen) atoms. The molecule has 2 atom stereocenters. The molecular weight excluding hydrogens is 366 g/mol. The number of primary amides is 1. The summed E-state index contributed by atoms with van der Waals surface area (Å²) in [6, 6.07) is 6.06. The molecule has 132 valence electrons. The van der Waals surface area contributed by atoms with Crippen LogP contribution >= 0.6 is 23.4 Å². The highest BCUT2D eigenvalue weighted by Gasteiger charge is 2.48. The standard InChI is InChI=1S/C15H16ClN5O3S/c1-20-12-11(13(23)19-14(20)24)21(15(18-12)25-7-10(17)22)6-8-2-4-9(16)5-3-8/h2-5,11-12H,6-7H2,1H3,(H2,17,22)(H,19,23,24). The van der Waals surface area contributed by atoms with Gasteiger partial charge in [-0.15, -0.1) is 0 Å². The summed E-state index contributed by atoms with van der Waals surface area (Å²) in [5.74, 6) is -0.863. The fourth-order valence-corrected chi connectivity index (χ4v) is 3.63. The van der Waals surface area contributed by atoms with Crippen molar-refractivity contribution in [1.82, 2.24) is 15.1 Å². The zero-order chi connectivity index (χ0) is 18.1. The molecule has 0 radical (unpaired) electrons. The molecule has 2 heterocycles. The van der Waals surface area contributed by atoms with E-state index in [-0.39, 0.29) is 5.75 Å². The van der Waals surface area contributed by atoms with Crippen LogP contribution in [-0.4, -0.2) is 57.8 Å². The number of carbonyl (C=O) groups is 3. The summed E-state index contributed by atoms with van der Waals surface area (Å²) in [6.45, 7) is 0.387. The molecule has 4 amide bonds. The Morgan fingerprint density at radius 1 is 1.36 bits per heavy atom. The van der Waals surface area contributed by atoms with Gasteiger partial charge in [0.1, 0.15) is 0 Å². The van der Waals surface area contributed by atoms with E-state index in [9.17, 15) is 14.4 Å². The minimum Gasteiger partial charge on any atom is -0.369 e. The van der Waals surface area contributed by atoms with Gasteiger partial charge < -0.3 is 15.5 Å². The molecule has 0 bridgehead atoms. The number of urea groups is 1. The van der Waals surface area contributed by atoms with Crippen molar-refractivity contribution < 1.29 is 14.4 Å². The summed E-state index contributed by atoms with van der Waals surface area (Å²) in [5.41, 5.74) is 6.14. The van der Waals surface area contributed by atoms with Crippen molar-refractivity contribution in [3.63, 3.8) is 0 Å². The molecular formula is C15H16ClN5O3S. The van der Waals surface area contributed by atoms with Gasteiger partial charge >= 0.3 is 6.03 Å². The number of fused-ring (bicyclic) bond motifs is 1. The fraction of sp³-hybridized carbons (Fsp3) is 0.333. The fourth-order valence-electron chi connectivity index (χ4n) is 2.71. The lowest BCUT2D eigenvalue weighted by atomic mass is 10.1. The first-order chi connectivity index (χ1) is 11.9. The topological polar surface area (TPSA) is 108 Å². The Morgan fingerprint density at radius 2 is 2.04 bits per heavy atom. The van der Waals surface area contributed by atoms with Crippen LogP contribution in [0.5, 0.6) is 0 Å². The molecule has 3 rings (SSSR count). The van der Waals surface area contributed by atoms with Gasteiger partial charge in [0.2, 0.25) is 5.91 Å². The van der Waals surface area contributed by atoms with Gasteiger partial charge in [0.05, 0.1) is 5.75 Å². The smallest absolute Gasteiger partial charge is 0.325 e. The maximum Gasteiger partial charge on any atom is 0.325 e. The highest BCUT2D eigenvalue weighted by atomic mass is 35.5. The molecule has 2 aliphatic heterocycles. The van der Waals surface area contributed by atoms with Crippen LogP contribution in [0.2, 0.25) is 5.02 Å². The Labute approximate surface area is 153 Å². The number of hydrogen-bond acceptors (Lipinski definition) is 6. The summed E-state index contributed by atoms with van der Waals surface area (Å²) in [5, 5.41) is 3.43. The number of imide groups is 1. The molecule has 0 aromatic heterocycles. The van der Waals surface area contributed by atoms with Crippen molar-refractivity contribution in [3.8, 4) is 0 Å². The van der Waals surface area contributed by atoms with Crippen LogP contribution in [0, 0.1) is 0 Å². The van der Waals surface area contributed by atoms with E-state index in [1.807, 2.05) is 12.1 Å². The van der Waals surface area contributed by atoms with Crippen molar-refractivity contribution in [2.24, 2.45) is 10.7 Å². The summed E-state index contributed by atoms with van der Waals surface area (Å²) >= 11 is 7.06. The number of rotatable bonds is 4. The van der Waals surface area contributed by atoms with Gasteiger partial charge in [-0.1, -0.05) is 35.5 Å². The van der Waals surface area contributed by atoms with E-state index >= 15 is 0 Å². The Morgan fingerprint density at radius 3 is 2.68 bits per heavy atom. The summed E-state index contributed by atoms with van der Waals surface area (Å²) in [4.78, 5) is 43.0. The number of nitrogens with two attached hydrogens (primary N) is 1. The number of hydrogen-bond donors (Lipinski definition) is 2. The quantitative estimate of drug-likeness (QED) is 0.794. The molecule has 8 nitrogen and oxygen atoms in total. The molecule has 0 spiro atoms. The maximum atomic E-state index is 12.4. The van der Waals surface area contributed by atoms with Gasteiger partial charge in [-0.3, -0.25) is 14.9 Å². The zero-order valence-corrected chi connectivity index (χ0v) is 14.9. The van der Waals surface area contributed by atoms with Gasteiger partial charge in [-0.2, -0.15) is 0 Å². The van der Waals surface area contributed by atoms with Gasteiger partial charge in [0.15, 0.2) is 17.4 Å². The molecule has 0 aliphatic carbocycles. The second-order valence-electron chi connectivity index (χ2n) is 5.68. The molecule has 10 heteroatoms. The SMILES string of the molecule is CN1C(=O)NC(=O)C2C1N=C(SCC(N)=O)N2Cc1ccc(Cl)cc1. The number of halogens is 1. The second kappa shape index (κ2) is 6.93. The molecule has 1 aromatic rings. The van der Waals surface area contributed by atoms with Crippen molar-refractivity contribution in [3.05, 3.63) is 34.9 Å². The van der Waals surface area contributed by atoms with Crippen LogP contribution < -0.4 is 11.1 Å². The van der Waals surface area contributed by atoms with Gasteiger partial charge in [0, 0.05) is 18.6 Å². The monoisotopic (exact) mass is 381 g/mol. The maximum absolute atomic E-state index is 12.4. The summed E-state index contributed by atoms with van der Waals surface area (Å²) in [7, 11) is 1.57. The average Bonchev–Trinajstić information content (AvgIpc) is 2.92. The normalized spacial score (nSPS) is 22.6. The van der Waals surface area contributed by atoms with E-state index in [0.717, 1.165) is 17.3 Å². The molecule has 3 N–H and O–H groups in total. The predicted octanol–water partition coefficient (Wildman–Crippen LogP) is 0.606. The van der Waals surface area contributed by atoms with E-state index in [0.29, 0.717) is 16.7 Å². The lowest BCUT2D eigenvalue weighted by Crippen LogP contribution is -2.63. The Bertz CT molecular complexity index is 754. The number of nitrogens with one attached hydrogen (secondary N) is 1. The van der Waals surface area contributed by atoms with Crippen LogP contribution in [0.3, 0.4) is 0 Å². The second-order valence-corrected chi connectivity index (χ2v) is 7.06. The minimum absolute atomic E-state index is 0.0364. The third-order valence-electron chi connectivity index (χ3n) is 3.93. The van der Waals surface area contributed by atoms with Crippen LogP contribution in [0.15, 0.2) is 29.3 Å². The molecule has 1 aromatic carbocycles. The number of aliphatic imine (C=N–C) groups is 1. The van der Waals surface area contributed by atoms with Crippen LogP contribution in [0.4, 0.5) is 4.79 Å². The Hall–Kier alpha value is -2.26. The lowest BCUT2D eigenvalue weighted by Gasteiger charge is -2.36. The molecule has 1 saturated heterocycles. The van der Waals surface area contributed by atoms with E-state index < -0.39 is 30.1 Å². The Kier molecular flexibility index (Phi) is 4.87. The highest BCUT2D eigenvalue weighted by molar-refractivity contribution is 8.14. The zero-order valence-electron chi connectivity index (χ0n) is 13.3. The van der Waals surface area contributed by atoms with E-state index in [1.165, 1.54) is 4.90 Å². The summed E-state index contributed by atoms with van der Waals surface area (Å²) in [6.07, 6.45) is -0.635. The highest BCUT2D eigenvalue weighted by Crippen LogP contribution is 2.30. The first-order valence-electron chi connectivity index (χ1n) is 7.44. The number of amidine groups is 1. The van der Waals surface area contributed by atoms with Gasteiger partial charge in [-0.25, -0.2) is 9.79 Å².